The van der Waals surface area contributed by atoms with Gasteiger partial charge in [0, 0.05) is 10.8 Å². The van der Waals surface area contributed by atoms with Gasteiger partial charge in [-0.1, -0.05) is 36.4 Å². The van der Waals surface area contributed by atoms with Gasteiger partial charge < -0.3 is 4.42 Å². The molecular weight excluding hydrogens is 224 g/mol. The molecule has 0 spiro atoms. The number of fused-ring (bicyclic) bond motifs is 3. The molecule has 0 saturated heterocycles. The summed E-state index contributed by atoms with van der Waals surface area (Å²) < 4.78 is 7.54. The summed E-state index contributed by atoms with van der Waals surface area (Å²) in [7, 11) is 0. The number of oxazole rings is 1. The van der Waals surface area contributed by atoms with Crippen molar-refractivity contribution in [3.8, 4) is 5.88 Å². The molecule has 0 aliphatic carbocycles. The fraction of sp³-hybridized carbons (Fsp3) is 0. The van der Waals surface area contributed by atoms with Crippen molar-refractivity contribution in [1.29, 1.82) is 0 Å². The molecule has 3 heteroatoms. The van der Waals surface area contributed by atoms with Crippen molar-refractivity contribution in [1.82, 2.24) is 9.55 Å². The molecule has 18 heavy (non-hydrogen) atoms. The Morgan fingerprint density at radius 1 is 0.833 bits per heavy atom. The largest absolute Gasteiger partial charge is 0.427 e. The van der Waals surface area contributed by atoms with Crippen molar-refractivity contribution >= 4 is 21.8 Å². The second-order valence-electron chi connectivity index (χ2n) is 4.21. The summed E-state index contributed by atoms with van der Waals surface area (Å²) >= 11 is 0. The number of benzene rings is 2. The third-order valence-electron chi connectivity index (χ3n) is 3.22. The van der Waals surface area contributed by atoms with E-state index in [-0.39, 0.29) is 0 Å². The molecule has 0 fully saturated rings. The molecule has 0 aliphatic rings. The predicted octanol–water partition coefficient (Wildman–Crippen LogP) is 3.77. The average molecular weight is 234 g/mol. The molecule has 86 valence electrons. The van der Waals surface area contributed by atoms with Crippen LogP contribution < -0.4 is 0 Å². The van der Waals surface area contributed by atoms with Gasteiger partial charge in [0.15, 0.2) is 6.39 Å². The van der Waals surface area contributed by atoms with Gasteiger partial charge in [0.25, 0.3) is 0 Å². The summed E-state index contributed by atoms with van der Waals surface area (Å²) in [6, 6.07) is 16.6. The van der Waals surface area contributed by atoms with Crippen molar-refractivity contribution < 1.29 is 4.42 Å². The number of rotatable bonds is 1. The summed E-state index contributed by atoms with van der Waals surface area (Å²) in [5.74, 6) is 0.743. The monoisotopic (exact) mass is 234 g/mol. The van der Waals surface area contributed by atoms with Crippen LogP contribution in [0.2, 0.25) is 0 Å². The fourth-order valence-electron chi connectivity index (χ4n) is 2.48. The van der Waals surface area contributed by atoms with E-state index in [1.165, 1.54) is 17.2 Å². The number of para-hydroxylation sites is 2. The summed E-state index contributed by atoms with van der Waals surface area (Å²) in [5.41, 5.74) is 2.27. The standard InChI is InChI=1S/C15H10N2O/c1-3-7-13-11(5-1)12-6-2-4-8-14(12)17(13)15-9-16-10-18-15/h1-10H. The maximum absolute atomic E-state index is 5.45. The molecule has 0 amide bonds. The molecule has 3 nitrogen and oxygen atoms in total. The lowest BCUT2D eigenvalue weighted by atomic mass is 10.2. The zero-order valence-corrected chi connectivity index (χ0v) is 9.58. The van der Waals surface area contributed by atoms with Crippen molar-refractivity contribution in [3.05, 3.63) is 61.1 Å². The summed E-state index contributed by atoms with van der Waals surface area (Å²) in [5, 5.41) is 2.45. The van der Waals surface area contributed by atoms with Crippen molar-refractivity contribution in [3.63, 3.8) is 0 Å². The highest BCUT2D eigenvalue weighted by molar-refractivity contribution is 6.08. The van der Waals surface area contributed by atoms with Crippen LogP contribution in [0.3, 0.4) is 0 Å². The lowest BCUT2D eigenvalue weighted by Gasteiger charge is -2.01. The molecule has 0 aliphatic heterocycles. The third-order valence-corrected chi connectivity index (χ3v) is 3.22. The molecule has 2 aromatic carbocycles. The van der Waals surface area contributed by atoms with E-state index in [0.717, 1.165) is 16.9 Å². The predicted molar refractivity (Wildman–Crippen MR) is 70.8 cm³/mol. The van der Waals surface area contributed by atoms with E-state index in [9.17, 15) is 0 Å². The molecule has 0 N–H and O–H groups in total. The van der Waals surface area contributed by atoms with Gasteiger partial charge in [-0.3, -0.25) is 4.57 Å². The van der Waals surface area contributed by atoms with E-state index in [1.807, 2.05) is 12.1 Å². The summed E-state index contributed by atoms with van der Waals surface area (Å²) in [4.78, 5) is 4.00. The van der Waals surface area contributed by atoms with Gasteiger partial charge in [-0.15, -0.1) is 0 Å². The van der Waals surface area contributed by atoms with E-state index in [2.05, 4.69) is 45.9 Å². The van der Waals surface area contributed by atoms with E-state index < -0.39 is 0 Å². The Bertz CT molecular complexity index is 775. The minimum atomic E-state index is 0.743. The molecule has 2 heterocycles. The van der Waals surface area contributed by atoms with Gasteiger partial charge in [0.1, 0.15) is 0 Å². The van der Waals surface area contributed by atoms with E-state index in [1.54, 1.807) is 6.20 Å². The molecule has 0 bridgehead atoms. The molecule has 0 unspecified atom stereocenters. The minimum absolute atomic E-state index is 0.743. The SMILES string of the molecule is c1ccc2c(c1)c1ccccc1n2-c1cnco1. The van der Waals surface area contributed by atoms with Crippen LogP contribution in [0.4, 0.5) is 0 Å². The van der Waals surface area contributed by atoms with Crippen LogP contribution in [0.15, 0.2) is 65.5 Å². The van der Waals surface area contributed by atoms with Crippen LogP contribution in [0.5, 0.6) is 0 Å². The fourth-order valence-corrected chi connectivity index (χ4v) is 2.48. The first-order valence-corrected chi connectivity index (χ1v) is 5.82. The van der Waals surface area contributed by atoms with E-state index in [4.69, 9.17) is 4.42 Å². The molecular formula is C15H10N2O. The Morgan fingerprint density at radius 3 is 2.00 bits per heavy atom. The number of hydrogen-bond acceptors (Lipinski definition) is 2. The van der Waals surface area contributed by atoms with Gasteiger partial charge >= 0.3 is 0 Å². The lowest BCUT2D eigenvalue weighted by molar-refractivity contribution is 0.539. The number of aromatic nitrogens is 2. The second kappa shape index (κ2) is 3.47. The van der Waals surface area contributed by atoms with Crippen LogP contribution in [-0.2, 0) is 0 Å². The zero-order valence-electron chi connectivity index (χ0n) is 9.58. The summed E-state index contributed by atoms with van der Waals surface area (Å²) in [6.45, 7) is 0. The van der Waals surface area contributed by atoms with E-state index >= 15 is 0 Å². The van der Waals surface area contributed by atoms with Gasteiger partial charge in [-0.25, -0.2) is 4.98 Å². The van der Waals surface area contributed by atoms with Crippen molar-refractivity contribution in [2.45, 2.75) is 0 Å². The molecule has 0 saturated carbocycles. The first kappa shape index (κ1) is 9.48. The minimum Gasteiger partial charge on any atom is -0.427 e. The molecule has 0 atom stereocenters. The first-order valence-electron chi connectivity index (χ1n) is 5.82. The highest BCUT2D eigenvalue weighted by Crippen LogP contribution is 2.31. The topological polar surface area (TPSA) is 31.0 Å². The van der Waals surface area contributed by atoms with Crippen LogP contribution in [0.1, 0.15) is 0 Å². The smallest absolute Gasteiger partial charge is 0.225 e. The Labute approximate surface area is 103 Å². The van der Waals surface area contributed by atoms with Gasteiger partial charge in [-0.2, -0.15) is 0 Å². The maximum Gasteiger partial charge on any atom is 0.225 e. The average Bonchev–Trinajstić information content (AvgIpc) is 3.03. The second-order valence-corrected chi connectivity index (χ2v) is 4.21. The normalized spacial score (nSPS) is 11.3. The van der Waals surface area contributed by atoms with Gasteiger partial charge in [0.05, 0.1) is 17.2 Å². The van der Waals surface area contributed by atoms with Crippen LogP contribution in [0.25, 0.3) is 27.7 Å². The molecule has 4 rings (SSSR count). The first-order chi connectivity index (χ1) is 8.95. The number of hydrogen-bond donors (Lipinski definition) is 0. The van der Waals surface area contributed by atoms with E-state index in [0.29, 0.717) is 0 Å². The Morgan fingerprint density at radius 2 is 1.44 bits per heavy atom. The number of nitrogens with zero attached hydrogens (tertiary/aromatic N) is 2. The third kappa shape index (κ3) is 1.16. The zero-order chi connectivity index (χ0) is 11.9. The molecule has 4 aromatic rings. The quantitative estimate of drug-likeness (QED) is 0.502. The lowest BCUT2D eigenvalue weighted by Crippen LogP contribution is -1.90. The Balaban J connectivity index is 2.28. The maximum atomic E-state index is 5.45. The molecule has 2 aromatic heterocycles. The highest BCUT2D eigenvalue weighted by Gasteiger charge is 2.12. The molecule has 0 radical (unpaired) electrons. The van der Waals surface area contributed by atoms with Crippen molar-refractivity contribution in [2.24, 2.45) is 0 Å². The highest BCUT2D eigenvalue weighted by atomic mass is 16.4. The van der Waals surface area contributed by atoms with Gasteiger partial charge in [-0.05, 0) is 12.1 Å². The Hall–Kier alpha value is -2.55. The van der Waals surface area contributed by atoms with Crippen molar-refractivity contribution in [2.75, 3.05) is 0 Å². The van der Waals surface area contributed by atoms with Crippen LogP contribution >= 0.6 is 0 Å². The van der Waals surface area contributed by atoms with Crippen LogP contribution in [-0.4, -0.2) is 9.55 Å². The Kier molecular flexibility index (Phi) is 1.83. The van der Waals surface area contributed by atoms with Crippen LogP contribution in [0, 0.1) is 0 Å². The summed E-state index contributed by atoms with van der Waals surface area (Å²) in [6.07, 6.45) is 3.19. The van der Waals surface area contributed by atoms with Gasteiger partial charge in [0.2, 0.25) is 5.88 Å².